The third kappa shape index (κ3) is 6.17. The van der Waals surface area contributed by atoms with Crippen LogP contribution in [0.2, 0.25) is 0 Å². The number of hydrogen-bond acceptors (Lipinski definition) is 9. The highest BCUT2D eigenvalue weighted by Crippen LogP contribution is 2.45. The van der Waals surface area contributed by atoms with Gasteiger partial charge in [0.2, 0.25) is 0 Å². The number of benzene rings is 1. The van der Waals surface area contributed by atoms with E-state index in [-0.39, 0.29) is 18.5 Å². The molecule has 4 rings (SSSR count). The van der Waals surface area contributed by atoms with Crippen LogP contribution in [0.4, 0.5) is 5.82 Å². The van der Waals surface area contributed by atoms with Crippen molar-refractivity contribution in [1.29, 1.82) is 0 Å². The lowest BCUT2D eigenvalue weighted by atomic mass is 10.1. The monoisotopic (exact) mass is 504 g/mol. The number of anilines is 1. The first-order valence-electron chi connectivity index (χ1n) is 11.6. The number of rotatable bonds is 10. The van der Waals surface area contributed by atoms with E-state index >= 15 is 0 Å². The summed E-state index contributed by atoms with van der Waals surface area (Å²) in [6, 6.07) is 5.29. The molecular formula is C23H33N6O5P. The van der Waals surface area contributed by atoms with E-state index < -0.39 is 13.8 Å². The number of nitrogens with zero attached hydrogens (tertiary/aromatic N) is 4. The van der Waals surface area contributed by atoms with Crippen molar-refractivity contribution in [1.82, 2.24) is 24.6 Å². The molecule has 1 aliphatic rings. The van der Waals surface area contributed by atoms with E-state index in [0.717, 1.165) is 17.5 Å². The number of nitrogens with one attached hydrogen (secondary N) is 1. The van der Waals surface area contributed by atoms with Crippen molar-refractivity contribution < 1.29 is 23.3 Å². The predicted molar refractivity (Wildman–Crippen MR) is 132 cm³/mol. The Morgan fingerprint density at radius 2 is 2.00 bits per heavy atom. The number of hydrogen-bond donors (Lipinski definition) is 2. The van der Waals surface area contributed by atoms with Gasteiger partial charge < -0.3 is 29.0 Å². The molecule has 1 aliphatic heterocycles. The van der Waals surface area contributed by atoms with Crippen LogP contribution in [-0.4, -0.2) is 57.5 Å². The second-order valence-electron chi connectivity index (χ2n) is 8.78. The molecule has 3 unspecified atom stereocenters. The summed E-state index contributed by atoms with van der Waals surface area (Å²) in [4.78, 5) is 12.5. The number of imidazole rings is 1. The largest absolute Gasteiger partial charge is 0.431 e. The summed E-state index contributed by atoms with van der Waals surface area (Å²) in [5.41, 5.74) is 8.99. The van der Waals surface area contributed by atoms with Gasteiger partial charge in [-0.05, 0) is 51.3 Å². The van der Waals surface area contributed by atoms with E-state index in [2.05, 4.69) is 20.0 Å². The van der Waals surface area contributed by atoms with Crippen LogP contribution in [0.5, 0.6) is 5.75 Å². The van der Waals surface area contributed by atoms with Gasteiger partial charge in [0, 0.05) is 0 Å². The molecule has 1 fully saturated rings. The zero-order valence-electron chi connectivity index (χ0n) is 20.5. The summed E-state index contributed by atoms with van der Waals surface area (Å²) in [5, 5.41) is 3.11. The van der Waals surface area contributed by atoms with Crippen molar-refractivity contribution in [3.63, 3.8) is 0 Å². The predicted octanol–water partition coefficient (Wildman–Crippen LogP) is 3.40. The summed E-state index contributed by atoms with van der Waals surface area (Å²) >= 11 is 0. The van der Waals surface area contributed by atoms with Crippen LogP contribution in [0.25, 0.3) is 11.2 Å². The molecule has 11 nitrogen and oxygen atoms in total. The van der Waals surface area contributed by atoms with Crippen LogP contribution in [-0.2, 0) is 25.3 Å². The van der Waals surface area contributed by atoms with Crippen LogP contribution in [0, 0.1) is 13.8 Å². The SMILES string of the molecule is Cc1cccc(OP(=O)(COC(C)Cn2cnc3c(N)ncnc32)NC(C)C2OCCCO2)c1C. The first-order chi connectivity index (χ1) is 16.8. The lowest BCUT2D eigenvalue weighted by Crippen LogP contribution is -2.43. The molecule has 0 spiro atoms. The minimum absolute atomic E-state index is 0.150. The first kappa shape index (κ1) is 25.5. The molecule has 2 aromatic heterocycles. The molecule has 0 bridgehead atoms. The van der Waals surface area contributed by atoms with Crippen LogP contribution >= 0.6 is 7.52 Å². The van der Waals surface area contributed by atoms with Gasteiger partial charge >= 0.3 is 7.52 Å². The summed E-state index contributed by atoms with van der Waals surface area (Å²) in [6.07, 6.45) is 2.88. The number of ether oxygens (including phenoxy) is 3. The van der Waals surface area contributed by atoms with E-state index in [1.54, 1.807) is 12.4 Å². The van der Waals surface area contributed by atoms with Crippen LogP contribution in [0.3, 0.4) is 0 Å². The Balaban J connectivity index is 1.48. The van der Waals surface area contributed by atoms with E-state index in [0.29, 0.717) is 42.5 Å². The molecule has 3 atom stereocenters. The average molecular weight is 505 g/mol. The first-order valence-corrected chi connectivity index (χ1v) is 13.5. The minimum Gasteiger partial charge on any atom is -0.431 e. The summed E-state index contributed by atoms with van der Waals surface area (Å²) in [5.74, 6) is 0.863. The molecule has 3 aromatic rings. The van der Waals surface area contributed by atoms with Gasteiger partial charge in [-0.1, -0.05) is 12.1 Å². The zero-order valence-corrected chi connectivity index (χ0v) is 21.4. The molecule has 3 N–H and O–H groups in total. The van der Waals surface area contributed by atoms with E-state index in [1.165, 1.54) is 6.33 Å². The highest BCUT2D eigenvalue weighted by atomic mass is 31.2. The van der Waals surface area contributed by atoms with Crippen molar-refractivity contribution in [3.8, 4) is 5.75 Å². The van der Waals surface area contributed by atoms with Crippen LogP contribution < -0.4 is 15.3 Å². The molecule has 0 saturated carbocycles. The number of nitrogen functional groups attached to an aromatic ring is 1. The molecule has 0 amide bonds. The quantitative estimate of drug-likeness (QED) is 0.395. The Bertz CT molecular complexity index is 1200. The average Bonchev–Trinajstić information content (AvgIpc) is 3.25. The molecular weight excluding hydrogens is 471 g/mol. The van der Waals surface area contributed by atoms with Gasteiger partial charge in [-0.15, -0.1) is 0 Å². The standard InChI is InChI=1S/C23H33N6O5P/c1-15-7-5-8-19(17(15)3)34-35(30,28-18(4)23-31-9-6-10-32-23)14-33-16(2)11-29-13-27-20-21(24)25-12-26-22(20)29/h5,7-8,12-13,16,18,23H,6,9-11,14H2,1-4H3,(H,28,30)(H2,24,25,26). The fourth-order valence-electron chi connectivity index (χ4n) is 3.83. The van der Waals surface area contributed by atoms with Crippen LogP contribution in [0.1, 0.15) is 31.4 Å². The van der Waals surface area contributed by atoms with Gasteiger partial charge in [0.05, 0.1) is 38.2 Å². The van der Waals surface area contributed by atoms with Crippen molar-refractivity contribution in [2.75, 3.05) is 25.3 Å². The van der Waals surface area contributed by atoms with Crippen LogP contribution in [0.15, 0.2) is 30.9 Å². The molecule has 35 heavy (non-hydrogen) atoms. The molecule has 3 heterocycles. The fraction of sp³-hybridized carbons (Fsp3) is 0.522. The van der Waals surface area contributed by atoms with E-state index in [1.807, 2.05) is 44.4 Å². The molecule has 1 aromatic carbocycles. The Hall–Kier alpha value is -2.56. The molecule has 0 radical (unpaired) electrons. The van der Waals surface area contributed by atoms with Gasteiger partial charge in [-0.3, -0.25) is 4.57 Å². The third-order valence-corrected chi connectivity index (χ3v) is 7.66. The molecule has 190 valence electrons. The van der Waals surface area contributed by atoms with Gasteiger partial charge in [0.25, 0.3) is 0 Å². The van der Waals surface area contributed by atoms with Gasteiger partial charge in [-0.2, -0.15) is 0 Å². The van der Waals surface area contributed by atoms with Crippen molar-refractivity contribution >= 4 is 24.5 Å². The van der Waals surface area contributed by atoms with Crippen molar-refractivity contribution in [2.24, 2.45) is 0 Å². The second kappa shape index (κ2) is 11.0. The lowest BCUT2D eigenvalue weighted by molar-refractivity contribution is -0.188. The normalized spacial score (nSPS) is 18.3. The highest BCUT2D eigenvalue weighted by Gasteiger charge is 2.33. The number of aryl methyl sites for hydroxylation is 1. The van der Waals surface area contributed by atoms with Gasteiger partial charge in [0.15, 0.2) is 17.8 Å². The lowest BCUT2D eigenvalue weighted by Gasteiger charge is -2.32. The molecule has 1 saturated heterocycles. The maximum Gasteiger partial charge on any atom is 0.342 e. The Kier molecular flexibility index (Phi) is 8.03. The van der Waals surface area contributed by atoms with E-state index in [9.17, 15) is 4.57 Å². The van der Waals surface area contributed by atoms with Gasteiger partial charge in [-0.25, -0.2) is 20.0 Å². The van der Waals surface area contributed by atoms with Crippen molar-refractivity contribution in [3.05, 3.63) is 42.0 Å². The summed E-state index contributed by atoms with van der Waals surface area (Å²) < 4.78 is 39.4. The molecule has 0 aliphatic carbocycles. The Morgan fingerprint density at radius 1 is 1.23 bits per heavy atom. The number of nitrogens with two attached hydrogens (primary N) is 1. The maximum absolute atomic E-state index is 14.0. The number of aromatic nitrogens is 4. The minimum atomic E-state index is -3.51. The highest BCUT2D eigenvalue weighted by molar-refractivity contribution is 7.57. The Morgan fingerprint density at radius 3 is 2.77 bits per heavy atom. The maximum atomic E-state index is 14.0. The zero-order chi connectivity index (χ0) is 25.0. The number of fused-ring (bicyclic) bond motifs is 1. The van der Waals surface area contributed by atoms with Crippen molar-refractivity contribution in [2.45, 2.75) is 59.1 Å². The smallest absolute Gasteiger partial charge is 0.342 e. The third-order valence-electron chi connectivity index (χ3n) is 5.87. The summed E-state index contributed by atoms with van der Waals surface area (Å²) in [7, 11) is -3.51. The summed E-state index contributed by atoms with van der Waals surface area (Å²) in [6.45, 7) is 9.29. The molecule has 12 heteroatoms. The topological polar surface area (TPSA) is 136 Å². The Labute approximate surface area is 204 Å². The fourth-order valence-corrected chi connectivity index (χ4v) is 5.71. The second-order valence-corrected chi connectivity index (χ2v) is 10.8. The van der Waals surface area contributed by atoms with E-state index in [4.69, 9.17) is 24.5 Å². The van der Waals surface area contributed by atoms with Gasteiger partial charge in [0.1, 0.15) is 23.9 Å².